The van der Waals surface area contributed by atoms with Gasteiger partial charge in [-0.2, -0.15) is 0 Å². The third-order valence-corrected chi connectivity index (χ3v) is 3.84. The Labute approximate surface area is 150 Å². The number of phenols is 1. The summed E-state index contributed by atoms with van der Waals surface area (Å²) in [6.07, 6.45) is -0.348. The maximum absolute atomic E-state index is 11.5. The molecule has 8 heteroatoms. The molecule has 1 rings (SSSR count). The van der Waals surface area contributed by atoms with Gasteiger partial charge in [0.1, 0.15) is 5.75 Å². The molecule has 1 aromatic rings. The zero-order valence-electron chi connectivity index (χ0n) is 13.2. The van der Waals surface area contributed by atoms with Crippen molar-refractivity contribution in [2.75, 3.05) is 6.54 Å². The van der Waals surface area contributed by atoms with Gasteiger partial charge in [-0.1, -0.05) is 20.8 Å². The number of hydrogen-bond acceptors (Lipinski definition) is 4. The van der Waals surface area contributed by atoms with E-state index in [9.17, 15) is 14.7 Å². The van der Waals surface area contributed by atoms with Gasteiger partial charge in [-0.25, -0.2) is 0 Å². The Kier molecular flexibility index (Phi) is 8.03. The molecular weight excluding hydrogens is 388 g/mol. The lowest BCUT2D eigenvalue weighted by Crippen LogP contribution is -2.35. The summed E-state index contributed by atoms with van der Waals surface area (Å²) in [5, 5.41) is 21.8. The molecule has 5 N–H and O–H groups in total. The first-order valence-corrected chi connectivity index (χ1v) is 7.59. The monoisotopic (exact) mass is 408 g/mol. The highest BCUT2D eigenvalue weighted by atomic mass is 79.9. The molecule has 0 radical (unpaired) electrons. The zero-order chi connectivity index (χ0) is 17.1. The maximum Gasteiger partial charge on any atom is 0.305 e. The Balaban J connectivity index is 0.00000484. The van der Waals surface area contributed by atoms with E-state index in [1.165, 1.54) is 0 Å². The Bertz CT molecular complexity index is 588. The summed E-state index contributed by atoms with van der Waals surface area (Å²) in [4.78, 5) is 22.6. The van der Waals surface area contributed by atoms with Gasteiger partial charge in [-0.15, -0.1) is 12.4 Å². The SMILES string of the molecule is CC(C)(C)c1cc(Br)c(O)c(C(CC(=O)O)NC(=O)CN)c1.Cl. The van der Waals surface area contributed by atoms with Crippen LogP contribution in [0, 0.1) is 0 Å². The van der Waals surface area contributed by atoms with Crippen LogP contribution in [0.15, 0.2) is 16.6 Å². The van der Waals surface area contributed by atoms with Crippen molar-refractivity contribution >= 4 is 40.2 Å². The third kappa shape index (κ3) is 6.01. The topological polar surface area (TPSA) is 113 Å². The molecule has 1 amide bonds. The molecule has 6 nitrogen and oxygen atoms in total. The summed E-state index contributed by atoms with van der Waals surface area (Å²) in [6.45, 7) is 5.75. The number of nitrogens with one attached hydrogen (secondary N) is 1. The number of rotatable bonds is 5. The molecule has 0 aromatic heterocycles. The lowest BCUT2D eigenvalue weighted by Gasteiger charge is -2.24. The number of carbonyl (C=O) groups excluding carboxylic acids is 1. The second-order valence-corrected chi connectivity index (χ2v) is 6.92. The van der Waals surface area contributed by atoms with E-state index in [-0.39, 0.29) is 36.5 Å². The summed E-state index contributed by atoms with van der Waals surface area (Å²) >= 11 is 3.27. The molecule has 0 heterocycles. The number of carboxylic acids is 1. The van der Waals surface area contributed by atoms with E-state index in [0.717, 1.165) is 5.56 Å². The minimum Gasteiger partial charge on any atom is -0.506 e. The molecule has 1 atom stereocenters. The van der Waals surface area contributed by atoms with Gasteiger partial charge in [-0.05, 0) is 39.0 Å². The second-order valence-electron chi connectivity index (χ2n) is 6.07. The molecule has 0 aliphatic heterocycles. The number of carboxylic acid groups (broad SMARTS) is 1. The highest BCUT2D eigenvalue weighted by molar-refractivity contribution is 9.10. The fourth-order valence-corrected chi connectivity index (χ4v) is 2.46. The van der Waals surface area contributed by atoms with Crippen LogP contribution in [0.25, 0.3) is 0 Å². The summed E-state index contributed by atoms with van der Waals surface area (Å²) in [7, 11) is 0. The number of carbonyl (C=O) groups is 2. The van der Waals surface area contributed by atoms with Gasteiger partial charge in [0, 0.05) is 5.56 Å². The van der Waals surface area contributed by atoms with Crippen molar-refractivity contribution in [1.29, 1.82) is 0 Å². The molecule has 1 aromatic carbocycles. The van der Waals surface area contributed by atoms with Crippen LogP contribution in [-0.2, 0) is 15.0 Å². The normalized spacial score (nSPS) is 12.2. The molecular formula is C15H22BrClN2O4. The van der Waals surface area contributed by atoms with Crippen LogP contribution in [0.2, 0.25) is 0 Å². The first kappa shape index (κ1) is 21.7. The smallest absolute Gasteiger partial charge is 0.305 e. The van der Waals surface area contributed by atoms with Crippen LogP contribution in [0.1, 0.15) is 44.4 Å². The van der Waals surface area contributed by atoms with E-state index in [2.05, 4.69) is 21.2 Å². The number of hydrogen-bond donors (Lipinski definition) is 4. The fraction of sp³-hybridized carbons (Fsp3) is 0.467. The van der Waals surface area contributed by atoms with Crippen LogP contribution in [0.3, 0.4) is 0 Å². The van der Waals surface area contributed by atoms with Crippen LogP contribution >= 0.6 is 28.3 Å². The van der Waals surface area contributed by atoms with E-state index in [1.807, 2.05) is 20.8 Å². The zero-order valence-corrected chi connectivity index (χ0v) is 15.6. The molecule has 0 saturated heterocycles. The molecule has 0 bridgehead atoms. The molecule has 0 fully saturated rings. The quantitative estimate of drug-likeness (QED) is 0.597. The number of nitrogens with two attached hydrogens (primary N) is 1. The molecule has 130 valence electrons. The third-order valence-electron chi connectivity index (χ3n) is 3.23. The first-order chi connectivity index (χ1) is 10.1. The average Bonchev–Trinajstić information content (AvgIpc) is 2.39. The van der Waals surface area contributed by atoms with Crippen LogP contribution in [0.5, 0.6) is 5.75 Å². The van der Waals surface area contributed by atoms with Gasteiger partial charge in [0.15, 0.2) is 0 Å². The lowest BCUT2D eigenvalue weighted by molar-refractivity contribution is -0.137. The first-order valence-electron chi connectivity index (χ1n) is 6.80. The van der Waals surface area contributed by atoms with E-state index >= 15 is 0 Å². The van der Waals surface area contributed by atoms with Gasteiger partial charge in [0.2, 0.25) is 5.91 Å². The number of amides is 1. The van der Waals surface area contributed by atoms with Gasteiger partial charge >= 0.3 is 5.97 Å². The van der Waals surface area contributed by atoms with E-state index in [0.29, 0.717) is 10.0 Å². The lowest BCUT2D eigenvalue weighted by atomic mass is 9.85. The van der Waals surface area contributed by atoms with Crippen LogP contribution in [0.4, 0.5) is 0 Å². The average molecular weight is 410 g/mol. The summed E-state index contributed by atoms with van der Waals surface area (Å²) in [6, 6.07) is 2.64. The molecule has 0 aliphatic rings. The predicted molar refractivity (Wildman–Crippen MR) is 93.9 cm³/mol. The largest absolute Gasteiger partial charge is 0.506 e. The minimum atomic E-state index is -1.08. The molecule has 0 spiro atoms. The highest BCUT2D eigenvalue weighted by Gasteiger charge is 2.25. The maximum atomic E-state index is 11.5. The van der Waals surface area contributed by atoms with Crippen LogP contribution < -0.4 is 11.1 Å². The summed E-state index contributed by atoms with van der Waals surface area (Å²) in [5.41, 5.74) is 6.32. The Morgan fingerprint density at radius 2 is 1.91 bits per heavy atom. The number of benzene rings is 1. The van der Waals surface area contributed by atoms with Crippen molar-refractivity contribution in [2.24, 2.45) is 5.73 Å². The van der Waals surface area contributed by atoms with E-state index in [1.54, 1.807) is 12.1 Å². The van der Waals surface area contributed by atoms with E-state index in [4.69, 9.17) is 10.8 Å². The van der Waals surface area contributed by atoms with Crippen molar-refractivity contribution in [3.05, 3.63) is 27.7 Å². The standard InChI is InChI=1S/C15H21BrN2O4.ClH/c1-15(2,3)8-4-9(14(22)10(16)5-8)11(6-13(20)21)18-12(19)7-17;/h4-5,11,22H,6-7,17H2,1-3H3,(H,18,19)(H,20,21);1H. The number of halogens is 2. The molecule has 23 heavy (non-hydrogen) atoms. The number of aliphatic carboxylic acids is 1. The van der Waals surface area contributed by atoms with Crippen molar-refractivity contribution in [2.45, 2.75) is 38.6 Å². The highest BCUT2D eigenvalue weighted by Crippen LogP contribution is 2.38. The predicted octanol–water partition coefficient (Wildman–Crippen LogP) is 2.46. The minimum absolute atomic E-state index is 0. The van der Waals surface area contributed by atoms with Crippen molar-refractivity contribution in [1.82, 2.24) is 5.32 Å². The van der Waals surface area contributed by atoms with Crippen molar-refractivity contribution in [3.63, 3.8) is 0 Å². The van der Waals surface area contributed by atoms with Gasteiger partial charge in [0.25, 0.3) is 0 Å². The second kappa shape index (κ2) is 8.52. The van der Waals surface area contributed by atoms with Gasteiger partial charge in [0.05, 0.1) is 23.5 Å². The summed E-state index contributed by atoms with van der Waals surface area (Å²) < 4.78 is 0.451. The molecule has 0 aliphatic carbocycles. The molecule has 1 unspecified atom stereocenters. The van der Waals surface area contributed by atoms with Gasteiger partial charge < -0.3 is 21.3 Å². The molecule has 0 saturated carbocycles. The summed E-state index contributed by atoms with van der Waals surface area (Å²) in [5.74, 6) is -1.65. The number of aromatic hydroxyl groups is 1. The Morgan fingerprint density at radius 3 is 2.35 bits per heavy atom. The van der Waals surface area contributed by atoms with Crippen molar-refractivity contribution < 1.29 is 19.8 Å². The fourth-order valence-electron chi connectivity index (χ4n) is 1.99. The number of phenolic OH excluding ortho intramolecular Hbond substituents is 1. The van der Waals surface area contributed by atoms with Gasteiger partial charge in [-0.3, -0.25) is 9.59 Å². The van der Waals surface area contributed by atoms with Crippen LogP contribution in [-0.4, -0.2) is 28.6 Å². The Morgan fingerprint density at radius 1 is 1.35 bits per heavy atom. The Hall–Kier alpha value is -1.31. The van der Waals surface area contributed by atoms with Crippen molar-refractivity contribution in [3.8, 4) is 5.75 Å². The van der Waals surface area contributed by atoms with E-state index < -0.39 is 17.9 Å².